The summed E-state index contributed by atoms with van der Waals surface area (Å²) in [5, 5.41) is 10.1. The second kappa shape index (κ2) is 8.60. The quantitative estimate of drug-likeness (QED) is 0.733. The predicted octanol–water partition coefficient (Wildman–Crippen LogP) is 0.140. The number of β-amino-alcohol motifs (C(OH)–C–C–N with tert-alkyl or cyclic N) is 1. The minimum absolute atomic E-state index is 0.172. The van der Waals surface area contributed by atoms with Gasteiger partial charge in [0.05, 0.1) is 14.2 Å². The molecule has 0 spiro atoms. The number of aliphatic hydroxyl groups excluding tert-OH is 1. The number of methoxy groups -OCH3 is 2. The van der Waals surface area contributed by atoms with Gasteiger partial charge in [0.2, 0.25) is 0 Å². The van der Waals surface area contributed by atoms with Crippen molar-refractivity contribution in [2.24, 2.45) is 5.73 Å². The number of rotatable bonds is 7. The summed E-state index contributed by atoms with van der Waals surface area (Å²) in [6.45, 7) is 3.20. The first-order valence-electron chi connectivity index (χ1n) is 7.83. The number of primary amides is 1. The number of benzene rings is 1. The molecule has 1 unspecified atom stereocenters. The van der Waals surface area contributed by atoms with E-state index in [1.165, 1.54) is 0 Å². The summed E-state index contributed by atoms with van der Waals surface area (Å²) >= 11 is 0. The second-order valence-electron chi connectivity index (χ2n) is 5.61. The molecule has 134 valence electrons. The van der Waals surface area contributed by atoms with Crippen LogP contribution in [-0.4, -0.2) is 80.6 Å². The maximum atomic E-state index is 11.1. The number of amides is 2. The molecule has 1 aliphatic rings. The van der Waals surface area contributed by atoms with Crippen LogP contribution in [-0.2, 0) is 0 Å². The van der Waals surface area contributed by atoms with Crippen LogP contribution >= 0.6 is 0 Å². The third-order valence-corrected chi connectivity index (χ3v) is 3.95. The van der Waals surface area contributed by atoms with Crippen molar-refractivity contribution in [3.8, 4) is 17.2 Å². The Morgan fingerprint density at radius 3 is 2.46 bits per heavy atom. The van der Waals surface area contributed by atoms with E-state index in [2.05, 4.69) is 4.90 Å². The molecule has 0 saturated carbocycles. The van der Waals surface area contributed by atoms with Crippen molar-refractivity contribution in [1.82, 2.24) is 9.80 Å². The highest BCUT2D eigenvalue weighted by Crippen LogP contribution is 2.30. The van der Waals surface area contributed by atoms with Gasteiger partial charge >= 0.3 is 6.03 Å². The molecule has 8 nitrogen and oxygen atoms in total. The first-order chi connectivity index (χ1) is 11.5. The number of aliphatic hydroxyl groups is 1. The standard InChI is InChI=1S/C16H25N3O5/c1-22-14-4-3-13(9-15(14)23-2)24-11-12(20)10-18-5-7-19(8-6-18)16(17)21/h3-4,9,12,20H,5-8,10-11H2,1-2H3,(H2,17,21). The summed E-state index contributed by atoms with van der Waals surface area (Å²) in [5.41, 5.74) is 5.25. The summed E-state index contributed by atoms with van der Waals surface area (Å²) in [7, 11) is 3.13. The van der Waals surface area contributed by atoms with Crippen molar-refractivity contribution in [2.75, 3.05) is 53.6 Å². The Bertz CT molecular complexity index is 547. The summed E-state index contributed by atoms with van der Waals surface area (Å²) in [6, 6.07) is 4.84. The summed E-state index contributed by atoms with van der Waals surface area (Å²) in [4.78, 5) is 14.8. The molecule has 1 aromatic rings. The van der Waals surface area contributed by atoms with Crippen LogP contribution in [0.1, 0.15) is 0 Å². The number of ether oxygens (including phenoxy) is 3. The number of urea groups is 1. The van der Waals surface area contributed by atoms with Crippen molar-refractivity contribution < 1.29 is 24.1 Å². The van der Waals surface area contributed by atoms with E-state index in [4.69, 9.17) is 19.9 Å². The highest BCUT2D eigenvalue weighted by Gasteiger charge is 2.21. The third-order valence-electron chi connectivity index (χ3n) is 3.95. The third kappa shape index (κ3) is 4.90. The molecular weight excluding hydrogens is 314 g/mol. The van der Waals surface area contributed by atoms with E-state index in [9.17, 15) is 9.90 Å². The van der Waals surface area contributed by atoms with Crippen LogP contribution < -0.4 is 19.9 Å². The number of hydrogen-bond donors (Lipinski definition) is 2. The fourth-order valence-electron chi connectivity index (χ4n) is 2.60. The van der Waals surface area contributed by atoms with Crippen LogP contribution in [0.4, 0.5) is 4.79 Å². The van der Waals surface area contributed by atoms with E-state index in [1.807, 2.05) is 0 Å². The summed E-state index contributed by atoms with van der Waals surface area (Å²) < 4.78 is 16.0. The lowest BCUT2D eigenvalue weighted by Gasteiger charge is -2.34. The Hall–Kier alpha value is -2.19. The second-order valence-corrected chi connectivity index (χ2v) is 5.61. The van der Waals surface area contributed by atoms with Gasteiger partial charge in [0.1, 0.15) is 18.5 Å². The van der Waals surface area contributed by atoms with Crippen molar-refractivity contribution in [2.45, 2.75) is 6.10 Å². The summed E-state index contributed by atoms with van der Waals surface area (Å²) in [6.07, 6.45) is -0.627. The Labute approximate surface area is 141 Å². The fraction of sp³-hybridized carbons (Fsp3) is 0.562. The normalized spacial score (nSPS) is 16.5. The van der Waals surface area contributed by atoms with Crippen LogP contribution in [0.15, 0.2) is 18.2 Å². The molecule has 24 heavy (non-hydrogen) atoms. The van der Waals surface area contributed by atoms with Gasteiger partial charge in [-0.3, -0.25) is 4.90 Å². The molecule has 1 aliphatic heterocycles. The van der Waals surface area contributed by atoms with Gasteiger partial charge < -0.3 is 30.0 Å². The van der Waals surface area contributed by atoms with Gasteiger partial charge in [-0.1, -0.05) is 0 Å². The fourth-order valence-corrected chi connectivity index (χ4v) is 2.60. The van der Waals surface area contributed by atoms with Crippen molar-refractivity contribution in [1.29, 1.82) is 0 Å². The summed E-state index contributed by atoms with van der Waals surface area (Å²) in [5.74, 6) is 1.80. The lowest BCUT2D eigenvalue weighted by molar-refractivity contribution is 0.0522. The number of nitrogens with two attached hydrogens (primary N) is 1. The van der Waals surface area contributed by atoms with Gasteiger partial charge in [-0.2, -0.15) is 0 Å². The number of carbonyl (C=O) groups is 1. The Morgan fingerprint density at radius 1 is 1.21 bits per heavy atom. The van der Waals surface area contributed by atoms with Crippen LogP contribution in [0.25, 0.3) is 0 Å². The monoisotopic (exact) mass is 339 g/mol. The molecule has 1 atom stereocenters. The predicted molar refractivity (Wildman–Crippen MR) is 88.6 cm³/mol. The number of hydrogen-bond acceptors (Lipinski definition) is 6. The zero-order valence-corrected chi connectivity index (χ0v) is 14.1. The van der Waals surface area contributed by atoms with Gasteiger partial charge in [0.25, 0.3) is 0 Å². The van der Waals surface area contributed by atoms with Gasteiger partial charge in [-0.15, -0.1) is 0 Å². The molecule has 0 radical (unpaired) electrons. The van der Waals surface area contributed by atoms with Crippen LogP contribution in [0.2, 0.25) is 0 Å². The zero-order chi connectivity index (χ0) is 17.5. The van der Waals surface area contributed by atoms with Crippen LogP contribution in [0, 0.1) is 0 Å². The van der Waals surface area contributed by atoms with Crippen LogP contribution in [0.5, 0.6) is 17.2 Å². The molecule has 3 N–H and O–H groups in total. The lowest BCUT2D eigenvalue weighted by atomic mass is 10.2. The first kappa shape index (κ1) is 18.2. The minimum atomic E-state index is -0.627. The average molecular weight is 339 g/mol. The van der Waals surface area contributed by atoms with E-state index in [0.717, 1.165) is 0 Å². The molecule has 1 saturated heterocycles. The van der Waals surface area contributed by atoms with Crippen molar-refractivity contribution >= 4 is 6.03 Å². The maximum absolute atomic E-state index is 11.1. The SMILES string of the molecule is COc1ccc(OCC(O)CN2CCN(C(N)=O)CC2)cc1OC. The van der Waals surface area contributed by atoms with E-state index in [1.54, 1.807) is 37.3 Å². The molecule has 1 aromatic carbocycles. The molecular formula is C16H25N3O5. The van der Waals surface area contributed by atoms with E-state index in [-0.39, 0.29) is 6.61 Å². The molecule has 0 aromatic heterocycles. The smallest absolute Gasteiger partial charge is 0.314 e. The van der Waals surface area contributed by atoms with Crippen LogP contribution in [0.3, 0.4) is 0 Å². The topological polar surface area (TPSA) is 97.5 Å². The maximum Gasteiger partial charge on any atom is 0.314 e. The highest BCUT2D eigenvalue weighted by molar-refractivity contribution is 5.72. The Morgan fingerprint density at radius 2 is 1.88 bits per heavy atom. The molecule has 1 heterocycles. The molecule has 2 rings (SSSR count). The molecule has 0 aliphatic carbocycles. The van der Waals surface area contributed by atoms with Gasteiger partial charge in [-0.05, 0) is 12.1 Å². The van der Waals surface area contributed by atoms with Gasteiger partial charge in [0, 0.05) is 38.8 Å². The average Bonchev–Trinajstić information content (AvgIpc) is 2.60. The molecule has 2 amide bonds. The van der Waals surface area contributed by atoms with E-state index in [0.29, 0.717) is 50.0 Å². The number of carbonyl (C=O) groups excluding carboxylic acids is 1. The highest BCUT2D eigenvalue weighted by atomic mass is 16.5. The van der Waals surface area contributed by atoms with Gasteiger partial charge in [-0.25, -0.2) is 4.79 Å². The Kier molecular flexibility index (Phi) is 6.51. The zero-order valence-electron chi connectivity index (χ0n) is 14.1. The molecule has 1 fully saturated rings. The number of piperazine rings is 1. The van der Waals surface area contributed by atoms with Gasteiger partial charge in [0.15, 0.2) is 11.5 Å². The first-order valence-corrected chi connectivity index (χ1v) is 7.83. The molecule has 0 bridgehead atoms. The molecule has 8 heteroatoms. The largest absolute Gasteiger partial charge is 0.493 e. The van der Waals surface area contributed by atoms with Crippen molar-refractivity contribution in [3.63, 3.8) is 0 Å². The minimum Gasteiger partial charge on any atom is -0.493 e. The van der Waals surface area contributed by atoms with E-state index >= 15 is 0 Å². The van der Waals surface area contributed by atoms with E-state index < -0.39 is 12.1 Å². The van der Waals surface area contributed by atoms with Crippen molar-refractivity contribution in [3.05, 3.63) is 18.2 Å². The number of nitrogens with zero attached hydrogens (tertiary/aromatic N) is 2. The lowest BCUT2D eigenvalue weighted by Crippen LogP contribution is -2.52. The Balaban J connectivity index is 1.77.